The molecule has 2 aliphatic rings. The minimum absolute atomic E-state index is 0. The zero-order chi connectivity index (χ0) is 16.7. The summed E-state index contributed by atoms with van der Waals surface area (Å²) in [4.78, 5) is 13.3. The standard InChI is InChI=1S/C19H27ClNOP.Y/c1-4-23(10-5-6-11-23)19(8-7-9-19)18(22)21-17-14(2)12-16(20)13-15(17)3;/h10,12-13H,4-9,11H2,1-3H3,(H,21,22);. The number of carbonyl (C=O) groups excluding carboxylic acids is 1. The summed E-state index contributed by atoms with van der Waals surface area (Å²) in [5.74, 6) is 0.269. The second-order valence-electron chi connectivity index (χ2n) is 7.15. The van der Waals surface area contributed by atoms with Crippen LogP contribution in [0.1, 0.15) is 50.2 Å². The first-order chi connectivity index (χ1) is 10.9. The van der Waals surface area contributed by atoms with E-state index in [-0.39, 0.29) is 43.8 Å². The number of anilines is 1. The molecule has 1 aliphatic carbocycles. The van der Waals surface area contributed by atoms with Crippen LogP contribution in [-0.4, -0.2) is 23.4 Å². The normalized spacial score (nSPS) is 24.8. The molecule has 1 unspecified atom stereocenters. The van der Waals surface area contributed by atoms with E-state index in [1.54, 1.807) is 0 Å². The average Bonchev–Trinajstić information content (AvgIpc) is 2.91. The summed E-state index contributed by atoms with van der Waals surface area (Å²) in [5.41, 5.74) is 3.06. The van der Waals surface area contributed by atoms with Gasteiger partial charge in [-0.15, -0.1) is 13.7 Å². The molecular weight excluding hydrogens is 414 g/mol. The molecule has 0 aromatic heterocycles. The van der Waals surface area contributed by atoms with Gasteiger partial charge in [0.15, 0.2) is 0 Å². The summed E-state index contributed by atoms with van der Waals surface area (Å²) in [7, 11) is -1.26. The van der Waals surface area contributed by atoms with Crippen LogP contribution in [0.4, 0.5) is 5.69 Å². The second-order valence-corrected chi connectivity index (χ2v) is 12.0. The van der Waals surface area contributed by atoms with Crippen molar-refractivity contribution in [1.29, 1.82) is 0 Å². The van der Waals surface area contributed by atoms with Crippen molar-refractivity contribution in [2.75, 3.05) is 17.6 Å². The number of aryl methyl sites for hydroxylation is 2. The van der Waals surface area contributed by atoms with Crippen molar-refractivity contribution in [2.45, 2.75) is 58.0 Å². The Bertz CT molecular complexity index is 601. The van der Waals surface area contributed by atoms with Crippen LogP contribution in [0, 0.1) is 20.0 Å². The Morgan fingerprint density at radius 3 is 2.33 bits per heavy atom. The largest absolute Gasteiger partial charge is 0.322 e. The van der Waals surface area contributed by atoms with E-state index in [4.69, 9.17) is 11.6 Å². The van der Waals surface area contributed by atoms with Gasteiger partial charge in [-0.25, -0.2) is 0 Å². The van der Waals surface area contributed by atoms with Crippen LogP contribution in [0.25, 0.3) is 0 Å². The summed E-state index contributed by atoms with van der Waals surface area (Å²) in [6.07, 6.45) is 10.8. The van der Waals surface area contributed by atoms with E-state index in [0.29, 0.717) is 0 Å². The molecule has 2 nitrogen and oxygen atoms in total. The minimum Gasteiger partial charge on any atom is -0.322 e. The van der Waals surface area contributed by atoms with E-state index in [9.17, 15) is 4.79 Å². The van der Waals surface area contributed by atoms with Gasteiger partial charge in [-0.05, 0) is 69.7 Å². The summed E-state index contributed by atoms with van der Waals surface area (Å²) in [6, 6.07) is 3.87. The van der Waals surface area contributed by atoms with Gasteiger partial charge in [0, 0.05) is 55.7 Å². The molecule has 0 spiro atoms. The number of hydrogen-bond acceptors (Lipinski definition) is 1. The molecule has 5 heteroatoms. The molecule has 24 heavy (non-hydrogen) atoms. The molecule has 129 valence electrons. The van der Waals surface area contributed by atoms with Crippen LogP contribution in [0.15, 0.2) is 12.1 Å². The number of nitrogens with one attached hydrogen (secondary N) is 1. The van der Waals surface area contributed by atoms with Crippen molar-refractivity contribution >= 4 is 30.5 Å². The van der Waals surface area contributed by atoms with Crippen LogP contribution in [-0.2, 0) is 37.5 Å². The molecule has 1 saturated heterocycles. The van der Waals surface area contributed by atoms with E-state index in [2.05, 4.69) is 18.4 Å². The number of halogens is 1. The van der Waals surface area contributed by atoms with Gasteiger partial charge in [0.25, 0.3) is 5.91 Å². The molecule has 1 radical (unpaired) electrons. The van der Waals surface area contributed by atoms with Crippen molar-refractivity contribution < 1.29 is 37.5 Å². The number of hydrogen-bond donors (Lipinski definition) is 1. The molecule has 1 aromatic carbocycles. The van der Waals surface area contributed by atoms with E-state index in [1.807, 2.05) is 26.0 Å². The molecule has 1 heterocycles. The zero-order valence-corrected chi connectivity index (χ0v) is 19.5. The van der Waals surface area contributed by atoms with Crippen LogP contribution in [0.2, 0.25) is 5.02 Å². The van der Waals surface area contributed by atoms with Crippen molar-refractivity contribution in [2.24, 2.45) is 0 Å². The van der Waals surface area contributed by atoms with Gasteiger partial charge < -0.3 is 5.32 Å². The van der Waals surface area contributed by atoms with Crippen LogP contribution in [0.5, 0.6) is 0 Å². The maximum Gasteiger partial charge on any atom is 0.265 e. The third-order valence-corrected chi connectivity index (χ3v) is 11.8. The number of benzene rings is 1. The Labute approximate surface area is 177 Å². The molecule has 1 N–H and O–H groups in total. The molecule has 1 saturated carbocycles. The van der Waals surface area contributed by atoms with Crippen molar-refractivity contribution in [1.82, 2.24) is 0 Å². The zero-order valence-electron chi connectivity index (χ0n) is 15.0. The molecule has 3 rings (SSSR count). The monoisotopic (exact) mass is 440 g/mol. The van der Waals surface area contributed by atoms with E-state index >= 15 is 0 Å². The Hall–Kier alpha value is 0.514. The van der Waals surface area contributed by atoms with Crippen molar-refractivity contribution in [3.8, 4) is 0 Å². The number of amides is 1. The van der Waals surface area contributed by atoms with Gasteiger partial charge in [0.2, 0.25) is 0 Å². The van der Waals surface area contributed by atoms with Gasteiger partial charge in [-0.3, -0.25) is 4.79 Å². The summed E-state index contributed by atoms with van der Waals surface area (Å²) < 4.78 is 0. The minimum atomic E-state index is -1.26. The van der Waals surface area contributed by atoms with Gasteiger partial charge in [0.1, 0.15) is 5.16 Å². The topological polar surface area (TPSA) is 29.1 Å². The summed E-state index contributed by atoms with van der Waals surface area (Å²) in [6.45, 7) is 6.34. The van der Waals surface area contributed by atoms with Gasteiger partial charge in [-0.2, -0.15) is 6.16 Å². The summed E-state index contributed by atoms with van der Waals surface area (Å²) >= 11 is 6.12. The predicted molar refractivity (Wildman–Crippen MR) is 102 cm³/mol. The number of rotatable bonds is 4. The van der Waals surface area contributed by atoms with Crippen LogP contribution in [0.3, 0.4) is 0 Å². The van der Waals surface area contributed by atoms with Gasteiger partial charge in [0.05, 0.1) is 0 Å². The smallest absolute Gasteiger partial charge is 0.265 e. The third-order valence-electron chi connectivity index (χ3n) is 6.00. The van der Waals surface area contributed by atoms with Gasteiger partial charge in [-0.1, -0.05) is 11.6 Å². The van der Waals surface area contributed by atoms with Crippen molar-refractivity contribution in [3.63, 3.8) is 0 Å². The molecule has 1 atom stereocenters. The Morgan fingerprint density at radius 2 is 1.92 bits per heavy atom. The van der Waals surface area contributed by atoms with E-state index in [0.717, 1.165) is 34.7 Å². The SMILES string of the molecule is CC[P+]1(C2(C(=O)Nc3c(C)cc(Cl)cc3C)CCC2)[CH-]CCC1.[Y]. The average molecular weight is 441 g/mol. The first-order valence-corrected chi connectivity index (χ1v) is 11.3. The quantitative estimate of drug-likeness (QED) is 0.465. The van der Waals surface area contributed by atoms with E-state index in [1.165, 1.54) is 31.6 Å². The predicted octanol–water partition coefficient (Wildman–Crippen LogP) is 5.81. The molecule has 2 fully saturated rings. The maximum atomic E-state index is 13.3. The molecule has 0 bridgehead atoms. The number of carbonyl (C=O) groups is 1. The van der Waals surface area contributed by atoms with Crippen LogP contribution >= 0.6 is 18.9 Å². The van der Waals surface area contributed by atoms with Crippen LogP contribution < -0.4 is 5.32 Å². The molecular formula is C19H27ClNOPY. The first kappa shape index (κ1) is 20.8. The maximum absolute atomic E-state index is 13.3. The van der Waals surface area contributed by atoms with E-state index < -0.39 is 7.26 Å². The first-order valence-electron chi connectivity index (χ1n) is 8.73. The fraction of sp³-hybridized carbons (Fsp3) is 0.579. The molecule has 1 amide bonds. The fourth-order valence-corrected chi connectivity index (χ4v) is 10.1. The summed E-state index contributed by atoms with van der Waals surface area (Å²) in [5, 5.41) is 3.94. The Kier molecular flexibility index (Phi) is 6.97. The Balaban J connectivity index is 0.00000208. The fourth-order valence-electron chi connectivity index (χ4n) is 4.51. The molecule has 1 aliphatic heterocycles. The van der Waals surface area contributed by atoms with Gasteiger partial charge >= 0.3 is 0 Å². The third kappa shape index (κ3) is 3.38. The van der Waals surface area contributed by atoms with Crippen molar-refractivity contribution in [3.05, 3.63) is 34.4 Å². The molecule has 1 aromatic rings. The Morgan fingerprint density at radius 1 is 1.29 bits per heavy atom. The second kappa shape index (κ2) is 8.04.